The predicted molar refractivity (Wildman–Crippen MR) is 95.1 cm³/mol. The maximum Gasteiger partial charge on any atom is 0.422 e. The number of halogens is 7. The molecule has 1 aromatic carbocycles. The van der Waals surface area contributed by atoms with Crippen LogP contribution >= 0.6 is 0 Å². The van der Waals surface area contributed by atoms with Gasteiger partial charge in [0, 0.05) is 25.4 Å². The van der Waals surface area contributed by atoms with Gasteiger partial charge in [-0.15, -0.1) is 0 Å². The third-order valence-corrected chi connectivity index (χ3v) is 3.90. The van der Waals surface area contributed by atoms with E-state index in [0.717, 1.165) is 18.2 Å². The first-order valence-corrected chi connectivity index (χ1v) is 8.65. The molecule has 0 saturated heterocycles. The summed E-state index contributed by atoms with van der Waals surface area (Å²) in [7, 11) is 1.50. The Morgan fingerprint density at radius 3 is 2.19 bits per heavy atom. The molecule has 32 heavy (non-hydrogen) atoms. The molecule has 2 aromatic heterocycles. The zero-order valence-corrected chi connectivity index (χ0v) is 16.0. The third kappa shape index (κ3) is 5.56. The quantitative estimate of drug-likeness (QED) is 0.519. The highest BCUT2D eigenvalue weighted by molar-refractivity contribution is 5.55. The first kappa shape index (κ1) is 23.1. The van der Waals surface area contributed by atoms with Crippen LogP contribution in [-0.4, -0.2) is 44.9 Å². The first-order chi connectivity index (χ1) is 14.8. The van der Waals surface area contributed by atoms with E-state index in [9.17, 15) is 35.5 Å². The molecule has 14 heteroatoms. The Labute approximate surface area is 174 Å². The van der Waals surface area contributed by atoms with Crippen molar-refractivity contribution in [3.05, 3.63) is 52.7 Å². The van der Waals surface area contributed by atoms with Crippen LogP contribution < -0.4 is 15.0 Å². The summed E-state index contributed by atoms with van der Waals surface area (Å²) in [5.41, 5.74) is -1.43. The zero-order chi connectivity index (χ0) is 23.7. The van der Waals surface area contributed by atoms with Gasteiger partial charge in [-0.3, -0.25) is 9.48 Å². The highest BCUT2D eigenvalue weighted by atomic mass is 19.4. The lowest BCUT2D eigenvalue weighted by atomic mass is 10.2. The molecule has 0 atom stereocenters. The maximum absolute atomic E-state index is 14.6. The Morgan fingerprint density at radius 2 is 1.62 bits per heavy atom. The molecule has 0 aliphatic heterocycles. The van der Waals surface area contributed by atoms with E-state index in [4.69, 9.17) is 0 Å². The molecule has 0 N–H and O–H groups in total. The monoisotopic (exact) mass is 466 g/mol. The van der Waals surface area contributed by atoms with Crippen LogP contribution in [0.4, 0.5) is 30.7 Å². The van der Waals surface area contributed by atoms with Crippen molar-refractivity contribution in [3.8, 4) is 28.8 Å². The smallest absolute Gasteiger partial charge is 0.422 e. The van der Waals surface area contributed by atoms with Crippen LogP contribution in [0.25, 0.3) is 17.1 Å². The Bertz CT molecular complexity index is 1170. The molecule has 0 amide bonds. The average molecular weight is 466 g/mol. The lowest BCUT2D eigenvalue weighted by Gasteiger charge is -2.16. The molecule has 0 spiro atoms. The summed E-state index contributed by atoms with van der Waals surface area (Å²) in [6.07, 6.45) is -8.10. The zero-order valence-electron chi connectivity index (χ0n) is 16.0. The van der Waals surface area contributed by atoms with Gasteiger partial charge in [-0.25, -0.2) is 8.96 Å². The van der Waals surface area contributed by atoms with E-state index in [-0.39, 0.29) is 11.4 Å². The van der Waals surface area contributed by atoms with E-state index in [0.29, 0.717) is 10.6 Å². The molecular weight excluding hydrogens is 453 g/mol. The SMILES string of the molecule is Cn1nccc1-c1cc(=O)n(-c2ccc(OCC(F)(F)F)cc2F)c(OCC(F)(F)F)n1. The average Bonchev–Trinajstić information content (AvgIpc) is 3.10. The van der Waals surface area contributed by atoms with Crippen molar-refractivity contribution in [2.75, 3.05) is 13.2 Å². The number of aromatic nitrogens is 4. The summed E-state index contributed by atoms with van der Waals surface area (Å²) in [6, 6.07) is 3.80. The number of rotatable bonds is 6. The van der Waals surface area contributed by atoms with E-state index >= 15 is 0 Å². The van der Waals surface area contributed by atoms with Crippen molar-refractivity contribution >= 4 is 0 Å². The fourth-order valence-corrected chi connectivity index (χ4v) is 2.61. The topological polar surface area (TPSA) is 71.2 Å². The molecule has 0 radical (unpaired) electrons. The molecule has 0 unspecified atom stereocenters. The van der Waals surface area contributed by atoms with Gasteiger partial charge in [0.2, 0.25) is 0 Å². The summed E-state index contributed by atoms with van der Waals surface area (Å²) < 4.78 is 100. The van der Waals surface area contributed by atoms with Gasteiger partial charge in [-0.2, -0.15) is 36.4 Å². The highest BCUT2D eigenvalue weighted by Gasteiger charge is 2.31. The number of hydrogen-bond acceptors (Lipinski definition) is 5. The van der Waals surface area contributed by atoms with Crippen LogP contribution in [0.5, 0.6) is 11.8 Å². The molecule has 0 fully saturated rings. The molecule has 3 aromatic rings. The Kier molecular flexibility index (Phi) is 6.14. The molecule has 0 aliphatic carbocycles. The van der Waals surface area contributed by atoms with E-state index in [1.54, 1.807) is 0 Å². The van der Waals surface area contributed by atoms with Crippen LogP contribution in [0.15, 0.2) is 41.3 Å². The van der Waals surface area contributed by atoms with Crippen molar-refractivity contribution in [1.29, 1.82) is 0 Å². The maximum atomic E-state index is 14.6. The fourth-order valence-electron chi connectivity index (χ4n) is 2.61. The molecular formula is C18H13F7N4O3. The minimum atomic E-state index is -4.79. The van der Waals surface area contributed by atoms with Gasteiger partial charge in [0.25, 0.3) is 5.56 Å². The molecule has 0 saturated carbocycles. The van der Waals surface area contributed by atoms with Gasteiger partial charge in [0.05, 0.1) is 17.1 Å². The second-order valence-corrected chi connectivity index (χ2v) is 6.36. The second-order valence-electron chi connectivity index (χ2n) is 6.36. The fraction of sp³-hybridized carbons (Fsp3) is 0.278. The van der Waals surface area contributed by atoms with Crippen LogP contribution in [0.1, 0.15) is 0 Å². The van der Waals surface area contributed by atoms with Gasteiger partial charge in [0.15, 0.2) is 19.0 Å². The summed E-state index contributed by atoms with van der Waals surface area (Å²) >= 11 is 0. The van der Waals surface area contributed by atoms with E-state index < -0.39 is 54.4 Å². The lowest BCUT2D eigenvalue weighted by molar-refractivity contribution is -0.155. The van der Waals surface area contributed by atoms with E-state index in [1.807, 2.05) is 0 Å². The molecule has 0 bridgehead atoms. The third-order valence-electron chi connectivity index (χ3n) is 3.90. The molecule has 172 valence electrons. The standard InChI is InChI=1S/C18H13F7N4O3/c1-28-14(4-5-26-28)12-7-15(30)29(16(27-12)32-9-18(23,24)25)13-3-2-10(6-11(13)19)31-8-17(20,21)22/h2-7H,8-9H2,1H3. The van der Waals surface area contributed by atoms with Crippen molar-refractivity contribution < 1.29 is 40.2 Å². The molecule has 7 nitrogen and oxygen atoms in total. The van der Waals surface area contributed by atoms with Gasteiger partial charge in [-0.05, 0) is 18.2 Å². The van der Waals surface area contributed by atoms with Crippen LogP contribution in [-0.2, 0) is 7.05 Å². The Hall–Kier alpha value is -3.58. The number of nitrogens with zero attached hydrogens (tertiary/aromatic N) is 4. The van der Waals surface area contributed by atoms with Crippen LogP contribution in [0, 0.1) is 5.82 Å². The Morgan fingerprint density at radius 1 is 0.969 bits per heavy atom. The number of benzene rings is 1. The minimum Gasteiger partial charge on any atom is -0.484 e. The normalized spacial score (nSPS) is 12.1. The molecule has 0 aliphatic rings. The first-order valence-electron chi connectivity index (χ1n) is 8.65. The second kappa shape index (κ2) is 8.51. The van der Waals surface area contributed by atoms with E-state index in [2.05, 4.69) is 19.6 Å². The van der Waals surface area contributed by atoms with Crippen LogP contribution in [0.3, 0.4) is 0 Å². The van der Waals surface area contributed by atoms with Crippen molar-refractivity contribution in [2.45, 2.75) is 12.4 Å². The number of aryl methyl sites for hydroxylation is 1. The summed E-state index contributed by atoms with van der Waals surface area (Å²) in [5, 5.41) is 3.87. The number of alkyl halides is 6. The highest BCUT2D eigenvalue weighted by Crippen LogP contribution is 2.26. The van der Waals surface area contributed by atoms with Crippen molar-refractivity contribution in [3.63, 3.8) is 0 Å². The van der Waals surface area contributed by atoms with E-state index in [1.165, 1.54) is 24.0 Å². The predicted octanol–water partition coefficient (Wildman–Crippen LogP) is 3.65. The summed E-state index contributed by atoms with van der Waals surface area (Å²) in [4.78, 5) is 16.6. The summed E-state index contributed by atoms with van der Waals surface area (Å²) in [6.45, 7) is -3.52. The van der Waals surface area contributed by atoms with Crippen molar-refractivity contribution in [2.24, 2.45) is 7.05 Å². The van der Waals surface area contributed by atoms with Gasteiger partial charge < -0.3 is 9.47 Å². The number of hydrogen-bond donors (Lipinski definition) is 0. The summed E-state index contributed by atoms with van der Waals surface area (Å²) in [5.74, 6) is -1.76. The minimum absolute atomic E-state index is 0.0889. The van der Waals surface area contributed by atoms with Crippen molar-refractivity contribution in [1.82, 2.24) is 19.3 Å². The van der Waals surface area contributed by atoms with Gasteiger partial charge >= 0.3 is 18.4 Å². The number of ether oxygens (including phenoxy) is 2. The molecule has 3 rings (SSSR count). The largest absolute Gasteiger partial charge is 0.484 e. The van der Waals surface area contributed by atoms with Gasteiger partial charge in [-0.1, -0.05) is 0 Å². The van der Waals surface area contributed by atoms with Crippen LogP contribution in [0.2, 0.25) is 0 Å². The van der Waals surface area contributed by atoms with Gasteiger partial charge in [0.1, 0.15) is 5.75 Å². The lowest BCUT2D eigenvalue weighted by Crippen LogP contribution is -2.27. The Balaban J connectivity index is 2.06. The molecule has 2 heterocycles.